The lowest BCUT2D eigenvalue weighted by molar-refractivity contribution is 0.454. The van der Waals surface area contributed by atoms with E-state index in [1.807, 2.05) is 24.8 Å². The van der Waals surface area contributed by atoms with Crippen LogP contribution in [0.25, 0.3) is 0 Å². The fourth-order valence-electron chi connectivity index (χ4n) is 2.25. The maximum Gasteiger partial charge on any atom is 0.193 e. The van der Waals surface area contributed by atoms with Gasteiger partial charge < -0.3 is 14.8 Å². The first-order chi connectivity index (χ1) is 10.8. The molecule has 0 fully saturated rings. The molecule has 0 radical (unpaired) electrons. The first kappa shape index (κ1) is 18.3. The van der Waals surface area contributed by atoms with Crippen molar-refractivity contribution in [1.29, 1.82) is 0 Å². The van der Waals surface area contributed by atoms with E-state index >= 15 is 0 Å². The highest BCUT2D eigenvalue weighted by Gasteiger charge is 2.04. The topological polar surface area (TPSA) is 45.5 Å². The zero-order chi connectivity index (χ0) is 16.0. The highest BCUT2D eigenvalue weighted by molar-refractivity contribution is 5.79. The van der Waals surface area contributed by atoms with Crippen molar-refractivity contribution in [3.8, 4) is 0 Å². The van der Waals surface area contributed by atoms with Gasteiger partial charge in [0.25, 0.3) is 0 Å². The Kier molecular flexibility index (Phi) is 9.83. The quantitative estimate of drug-likeness (QED) is 0.296. The molecule has 0 saturated heterocycles. The van der Waals surface area contributed by atoms with E-state index in [0.29, 0.717) is 0 Å². The Labute approximate surface area is 135 Å². The summed E-state index contributed by atoms with van der Waals surface area (Å²) in [4.78, 5) is 11.0. The van der Waals surface area contributed by atoms with E-state index in [9.17, 15) is 0 Å². The van der Waals surface area contributed by atoms with Crippen molar-refractivity contribution in [1.82, 2.24) is 19.8 Å². The number of imidazole rings is 1. The predicted molar refractivity (Wildman–Crippen MR) is 94.1 cm³/mol. The van der Waals surface area contributed by atoms with Crippen LogP contribution in [-0.2, 0) is 6.54 Å². The van der Waals surface area contributed by atoms with Crippen molar-refractivity contribution in [3.05, 3.63) is 31.4 Å². The lowest BCUT2D eigenvalue weighted by atomic mass is 10.2. The third-order valence-corrected chi connectivity index (χ3v) is 3.49. The van der Waals surface area contributed by atoms with Crippen molar-refractivity contribution < 1.29 is 0 Å². The van der Waals surface area contributed by atoms with Crippen molar-refractivity contribution in [2.45, 2.75) is 45.6 Å². The highest BCUT2D eigenvalue weighted by atomic mass is 15.3. The van der Waals surface area contributed by atoms with Gasteiger partial charge in [0.15, 0.2) is 5.96 Å². The molecule has 0 spiro atoms. The molecule has 1 rings (SSSR count). The van der Waals surface area contributed by atoms with Crippen LogP contribution in [-0.4, -0.2) is 47.1 Å². The number of rotatable bonds is 11. The van der Waals surface area contributed by atoms with Crippen molar-refractivity contribution in [3.63, 3.8) is 0 Å². The van der Waals surface area contributed by atoms with Gasteiger partial charge in [-0.15, -0.1) is 6.58 Å². The van der Waals surface area contributed by atoms with Gasteiger partial charge in [-0.25, -0.2) is 4.98 Å². The number of aromatic nitrogens is 2. The summed E-state index contributed by atoms with van der Waals surface area (Å²) in [5.74, 6) is 1.01. The Balaban J connectivity index is 2.28. The lowest BCUT2D eigenvalue weighted by Gasteiger charge is -2.22. The number of aliphatic imine (C=N–C) groups is 1. The second-order valence-corrected chi connectivity index (χ2v) is 5.45. The molecule has 0 atom stereocenters. The summed E-state index contributed by atoms with van der Waals surface area (Å²) in [5, 5.41) is 3.37. The Morgan fingerprint density at radius 1 is 1.36 bits per heavy atom. The van der Waals surface area contributed by atoms with E-state index < -0.39 is 0 Å². The van der Waals surface area contributed by atoms with Crippen LogP contribution in [0, 0.1) is 0 Å². The summed E-state index contributed by atoms with van der Waals surface area (Å²) in [6, 6.07) is 0. The number of aryl methyl sites for hydroxylation is 1. The minimum atomic E-state index is 0.835. The van der Waals surface area contributed by atoms with Gasteiger partial charge in [0.05, 0.1) is 6.33 Å². The molecule has 0 aliphatic carbocycles. The fourth-order valence-corrected chi connectivity index (χ4v) is 2.25. The molecular formula is C17H31N5. The second kappa shape index (κ2) is 11.8. The SMILES string of the molecule is C=CCCCCCN(C)C(=NCCCn1ccnc1)NCC. The van der Waals surface area contributed by atoms with E-state index in [-0.39, 0.29) is 0 Å². The molecular weight excluding hydrogens is 274 g/mol. The van der Waals surface area contributed by atoms with Crippen LogP contribution < -0.4 is 5.32 Å². The van der Waals surface area contributed by atoms with Gasteiger partial charge >= 0.3 is 0 Å². The van der Waals surface area contributed by atoms with Crippen LogP contribution in [0.4, 0.5) is 0 Å². The summed E-state index contributed by atoms with van der Waals surface area (Å²) in [7, 11) is 2.12. The number of hydrogen-bond donors (Lipinski definition) is 1. The normalized spacial score (nSPS) is 11.5. The zero-order valence-electron chi connectivity index (χ0n) is 14.2. The van der Waals surface area contributed by atoms with Gasteiger partial charge in [-0.2, -0.15) is 0 Å². The molecule has 0 unspecified atom stereocenters. The summed E-state index contributed by atoms with van der Waals surface area (Å²) in [5.41, 5.74) is 0. The maximum atomic E-state index is 4.71. The average molecular weight is 305 g/mol. The fraction of sp³-hybridized carbons (Fsp3) is 0.647. The van der Waals surface area contributed by atoms with Crippen LogP contribution in [0.1, 0.15) is 39.0 Å². The molecule has 0 amide bonds. The first-order valence-corrected chi connectivity index (χ1v) is 8.34. The van der Waals surface area contributed by atoms with Crippen molar-refractivity contribution in [2.75, 3.05) is 26.7 Å². The van der Waals surface area contributed by atoms with Crippen LogP contribution >= 0.6 is 0 Å². The molecule has 0 saturated carbocycles. The molecule has 1 aromatic heterocycles. The predicted octanol–water partition coefficient (Wildman–Crippen LogP) is 2.92. The minimum absolute atomic E-state index is 0.835. The Bertz CT molecular complexity index is 411. The second-order valence-electron chi connectivity index (χ2n) is 5.45. The third-order valence-electron chi connectivity index (χ3n) is 3.49. The van der Waals surface area contributed by atoms with Gasteiger partial charge in [0.2, 0.25) is 0 Å². The molecule has 0 aromatic carbocycles. The molecule has 1 N–H and O–H groups in total. The summed E-state index contributed by atoms with van der Waals surface area (Å²) < 4.78 is 2.09. The van der Waals surface area contributed by atoms with Gasteiger partial charge in [-0.3, -0.25) is 4.99 Å². The third kappa shape index (κ3) is 7.86. The molecule has 0 bridgehead atoms. The number of allylic oxidation sites excluding steroid dienone is 1. The van der Waals surface area contributed by atoms with E-state index in [1.165, 1.54) is 19.3 Å². The summed E-state index contributed by atoms with van der Waals surface area (Å²) in [6.45, 7) is 9.62. The highest BCUT2D eigenvalue weighted by Crippen LogP contribution is 2.02. The van der Waals surface area contributed by atoms with Crippen LogP contribution in [0.2, 0.25) is 0 Å². The van der Waals surface area contributed by atoms with Gasteiger partial charge in [0, 0.05) is 45.6 Å². The van der Waals surface area contributed by atoms with E-state index in [2.05, 4.69) is 40.3 Å². The first-order valence-electron chi connectivity index (χ1n) is 8.34. The zero-order valence-corrected chi connectivity index (χ0v) is 14.2. The van der Waals surface area contributed by atoms with Crippen LogP contribution in [0.3, 0.4) is 0 Å². The number of nitrogens with zero attached hydrogens (tertiary/aromatic N) is 4. The minimum Gasteiger partial charge on any atom is -0.357 e. The summed E-state index contributed by atoms with van der Waals surface area (Å²) in [6.07, 6.45) is 13.5. The largest absolute Gasteiger partial charge is 0.357 e. The average Bonchev–Trinajstić information content (AvgIpc) is 3.03. The number of hydrogen-bond acceptors (Lipinski definition) is 2. The molecule has 1 aromatic rings. The summed E-state index contributed by atoms with van der Waals surface area (Å²) >= 11 is 0. The number of unbranched alkanes of at least 4 members (excludes halogenated alkanes) is 3. The molecule has 5 nitrogen and oxygen atoms in total. The lowest BCUT2D eigenvalue weighted by Crippen LogP contribution is -2.39. The molecule has 124 valence electrons. The van der Waals surface area contributed by atoms with Gasteiger partial charge in [0.1, 0.15) is 0 Å². The molecule has 0 aliphatic rings. The molecule has 5 heteroatoms. The van der Waals surface area contributed by atoms with E-state index in [0.717, 1.165) is 45.0 Å². The Hall–Kier alpha value is -1.78. The number of nitrogens with one attached hydrogen (secondary N) is 1. The van der Waals surface area contributed by atoms with Crippen molar-refractivity contribution >= 4 is 5.96 Å². The van der Waals surface area contributed by atoms with Gasteiger partial charge in [-0.05, 0) is 32.6 Å². The molecule has 1 heterocycles. The Morgan fingerprint density at radius 3 is 2.91 bits per heavy atom. The van der Waals surface area contributed by atoms with E-state index in [4.69, 9.17) is 4.99 Å². The molecule has 0 aliphatic heterocycles. The van der Waals surface area contributed by atoms with E-state index in [1.54, 1.807) is 0 Å². The maximum absolute atomic E-state index is 4.71. The van der Waals surface area contributed by atoms with Gasteiger partial charge in [-0.1, -0.05) is 12.5 Å². The van der Waals surface area contributed by atoms with Crippen LogP contribution in [0.5, 0.6) is 0 Å². The van der Waals surface area contributed by atoms with Crippen molar-refractivity contribution in [2.24, 2.45) is 4.99 Å². The monoisotopic (exact) mass is 305 g/mol. The Morgan fingerprint density at radius 2 is 2.23 bits per heavy atom. The molecule has 22 heavy (non-hydrogen) atoms. The number of guanidine groups is 1. The standard InChI is InChI=1S/C17H31N5/c1-4-6-7-8-9-13-21(3)17(19-5-2)20-11-10-14-22-15-12-18-16-22/h4,12,15-16H,1,5-11,13-14H2,2-3H3,(H,19,20). The smallest absolute Gasteiger partial charge is 0.193 e. The van der Waals surface area contributed by atoms with Crippen LogP contribution in [0.15, 0.2) is 36.4 Å².